The number of aliphatic imine (C=N–C) groups is 1. The number of hydrogen-bond donors (Lipinski definition) is 1. The van der Waals surface area contributed by atoms with Crippen molar-refractivity contribution in [2.45, 2.75) is 37.9 Å². The van der Waals surface area contributed by atoms with Crippen molar-refractivity contribution >= 4 is 11.9 Å². The fraction of sp³-hybridized carbons (Fsp3) is 0.462. The molecule has 1 saturated carbocycles. The van der Waals surface area contributed by atoms with Gasteiger partial charge in [-0.2, -0.15) is 4.99 Å². The predicted molar refractivity (Wildman–Crippen MR) is 70.4 cm³/mol. The zero-order valence-corrected chi connectivity index (χ0v) is 10.7. The van der Waals surface area contributed by atoms with E-state index in [1.807, 2.05) is 0 Å². The van der Waals surface area contributed by atoms with Crippen LogP contribution in [0.4, 0.5) is 4.79 Å². The predicted octanol–water partition coefficient (Wildman–Crippen LogP) is 1.07. The van der Waals surface area contributed by atoms with Crippen molar-refractivity contribution in [3.63, 3.8) is 0 Å². The maximum atomic E-state index is 11.9. The minimum Gasteiger partial charge on any atom is -0.385 e. The Morgan fingerprint density at radius 2 is 2.32 bits per heavy atom. The van der Waals surface area contributed by atoms with E-state index in [1.54, 1.807) is 19.4 Å². The lowest BCUT2D eigenvalue weighted by molar-refractivity contribution is 0.197. The highest BCUT2D eigenvalue weighted by molar-refractivity contribution is 6.03. The normalized spacial score (nSPS) is 24.2. The lowest BCUT2D eigenvalue weighted by atomic mass is 10.1. The number of aromatic nitrogens is 2. The average molecular weight is 257 g/mol. The molecule has 1 aliphatic heterocycles. The second-order valence-corrected chi connectivity index (χ2v) is 4.93. The molecule has 19 heavy (non-hydrogen) atoms. The van der Waals surface area contributed by atoms with Crippen molar-refractivity contribution in [1.82, 2.24) is 14.5 Å². The molecule has 0 saturated heterocycles. The first-order chi connectivity index (χ1) is 9.13. The van der Waals surface area contributed by atoms with E-state index < -0.39 is 6.04 Å². The van der Waals surface area contributed by atoms with Gasteiger partial charge in [0, 0.05) is 6.04 Å². The van der Waals surface area contributed by atoms with Gasteiger partial charge in [0.05, 0.1) is 24.3 Å². The van der Waals surface area contributed by atoms with Gasteiger partial charge >= 0.3 is 6.03 Å². The minimum atomic E-state index is -0.401. The summed E-state index contributed by atoms with van der Waals surface area (Å²) >= 11 is 0. The molecule has 1 fully saturated rings. The van der Waals surface area contributed by atoms with Crippen LogP contribution in [0.25, 0.3) is 0 Å². The van der Waals surface area contributed by atoms with Crippen molar-refractivity contribution in [1.29, 1.82) is 0 Å². The molecule has 0 aromatic carbocycles. The summed E-state index contributed by atoms with van der Waals surface area (Å²) in [5.41, 5.74) is 6.80. The van der Waals surface area contributed by atoms with E-state index in [2.05, 4.69) is 20.5 Å². The summed E-state index contributed by atoms with van der Waals surface area (Å²) in [6.07, 6.45) is 11.2. The molecule has 0 radical (unpaired) electrons. The molecule has 2 heterocycles. The molecule has 6 heteroatoms. The van der Waals surface area contributed by atoms with Gasteiger partial charge in [0.1, 0.15) is 11.9 Å². The minimum absolute atomic E-state index is 0.287. The first kappa shape index (κ1) is 11.8. The molecule has 98 valence electrons. The van der Waals surface area contributed by atoms with Crippen molar-refractivity contribution in [2.75, 3.05) is 0 Å². The average Bonchev–Trinajstić information content (AvgIpc) is 3.04. The highest BCUT2D eigenvalue weighted by Gasteiger charge is 2.40. The second-order valence-electron chi connectivity index (χ2n) is 4.93. The van der Waals surface area contributed by atoms with Crippen LogP contribution < -0.4 is 5.73 Å². The molecule has 2 N–H and O–H groups in total. The standard InChI is InChI=1S/C13H15N5O/c1-3-8(2)18-11(12(14)16-13(18)19)10-6-15-7-17(10)9-4-5-9/h1,6-9,11H,4-5H2,2H3,(H2,14,16,19). The van der Waals surface area contributed by atoms with Crippen LogP contribution in [0, 0.1) is 12.3 Å². The van der Waals surface area contributed by atoms with Crippen LogP contribution >= 0.6 is 0 Å². The van der Waals surface area contributed by atoms with Gasteiger partial charge in [0.15, 0.2) is 0 Å². The number of carbonyl (C=O) groups excluding carboxylic acids is 1. The third kappa shape index (κ3) is 1.78. The number of hydrogen-bond acceptors (Lipinski definition) is 3. The van der Waals surface area contributed by atoms with Crippen LogP contribution in [0.15, 0.2) is 17.5 Å². The number of urea groups is 1. The van der Waals surface area contributed by atoms with Crippen molar-refractivity contribution in [2.24, 2.45) is 10.7 Å². The molecule has 1 aromatic rings. The Morgan fingerprint density at radius 1 is 1.58 bits per heavy atom. The number of imidazole rings is 1. The van der Waals surface area contributed by atoms with Crippen LogP contribution in [-0.2, 0) is 0 Å². The van der Waals surface area contributed by atoms with Gasteiger partial charge in [-0.25, -0.2) is 9.78 Å². The quantitative estimate of drug-likeness (QED) is 0.823. The summed E-state index contributed by atoms with van der Waals surface area (Å²) in [5, 5.41) is 0. The largest absolute Gasteiger partial charge is 0.385 e. The number of nitrogens with zero attached hydrogens (tertiary/aromatic N) is 4. The zero-order chi connectivity index (χ0) is 13.6. The molecule has 0 bridgehead atoms. The topological polar surface area (TPSA) is 76.5 Å². The Balaban J connectivity index is 2.01. The second kappa shape index (κ2) is 4.12. The van der Waals surface area contributed by atoms with Gasteiger partial charge < -0.3 is 10.3 Å². The Labute approximate surface area is 111 Å². The third-order valence-electron chi connectivity index (χ3n) is 3.58. The summed E-state index contributed by atoms with van der Waals surface area (Å²) in [5.74, 6) is 2.85. The molecular formula is C13H15N5O. The Bertz CT molecular complexity index is 592. The molecular weight excluding hydrogens is 242 g/mol. The van der Waals surface area contributed by atoms with E-state index in [9.17, 15) is 4.79 Å². The summed E-state index contributed by atoms with van der Waals surface area (Å²) < 4.78 is 2.07. The van der Waals surface area contributed by atoms with Crippen LogP contribution in [0.1, 0.15) is 37.5 Å². The number of nitrogens with two attached hydrogens (primary N) is 1. The molecule has 6 nitrogen and oxygen atoms in total. The van der Waals surface area contributed by atoms with E-state index in [4.69, 9.17) is 12.2 Å². The van der Waals surface area contributed by atoms with E-state index in [-0.39, 0.29) is 17.9 Å². The fourth-order valence-corrected chi connectivity index (χ4v) is 2.43. The number of carbonyl (C=O) groups is 1. The molecule has 2 unspecified atom stereocenters. The Hall–Kier alpha value is -2.29. The molecule has 3 rings (SSSR count). The van der Waals surface area contributed by atoms with Crippen LogP contribution in [-0.4, -0.2) is 32.4 Å². The summed E-state index contributed by atoms with van der Waals surface area (Å²) in [7, 11) is 0. The monoisotopic (exact) mass is 257 g/mol. The zero-order valence-electron chi connectivity index (χ0n) is 10.7. The van der Waals surface area contributed by atoms with Gasteiger partial charge in [-0.3, -0.25) is 4.90 Å². The van der Waals surface area contributed by atoms with Gasteiger partial charge in [-0.05, 0) is 19.8 Å². The van der Waals surface area contributed by atoms with Crippen LogP contribution in [0.2, 0.25) is 0 Å². The smallest absolute Gasteiger partial charge is 0.347 e. The van der Waals surface area contributed by atoms with Gasteiger partial charge in [0.25, 0.3) is 0 Å². The van der Waals surface area contributed by atoms with Crippen LogP contribution in [0.3, 0.4) is 0 Å². The fourth-order valence-electron chi connectivity index (χ4n) is 2.43. The molecule has 2 aliphatic rings. The molecule has 2 amide bonds. The maximum Gasteiger partial charge on any atom is 0.347 e. The van der Waals surface area contributed by atoms with E-state index >= 15 is 0 Å². The molecule has 0 spiro atoms. The summed E-state index contributed by atoms with van der Waals surface area (Å²) in [6, 6.07) is -0.674. The molecule has 2 atom stereocenters. The number of rotatable bonds is 3. The number of terminal acetylenes is 1. The van der Waals surface area contributed by atoms with Crippen molar-refractivity contribution < 1.29 is 4.79 Å². The first-order valence-electron chi connectivity index (χ1n) is 6.27. The van der Waals surface area contributed by atoms with E-state index in [0.717, 1.165) is 18.5 Å². The summed E-state index contributed by atoms with van der Waals surface area (Å²) in [6.45, 7) is 1.79. The Kier molecular flexibility index (Phi) is 2.56. The SMILES string of the molecule is C#CC(C)N1C(=O)N=C(N)C1c1cncn1C1CC1. The first-order valence-corrected chi connectivity index (χ1v) is 6.27. The van der Waals surface area contributed by atoms with E-state index in [0.29, 0.717) is 6.04 Å². The third-order valence-corrected chi connectivity index (χ3v) is 3.58. The Morgan fingerprint density at radius 3 is 2.95 bits per heavy atom. The highest BCUT2D eigenvalue weighted by Crippen LogP contribution is 2.39. The maximum absolute atomic E-state index is 11.9. The van der Waals surface area contributed by atoms with Gasteiger partial charge in [-0.15, -0.1) is 6.42 Å². The van der Waals surface area contributed by atoms with Crippen molar-refractivity contribution in [3.05, 3.63) is 18.2 Å². The summed E-state index contributed by atoms with van der Waals surface area (Å²) in [4.78, 5) is 21.5. The van der Waals surface area contributed by atoms with E-state index in [1.165, 1.54) is 4.90 Å². The molecule has 1 aromatic heterocycles. The molecule has 1 aliphatic carbocycles. The highest BCUT2D eigenvalue weighted by atomic mass is 16.2. The van der Waals surface area contributed by atoms with Gasteiger partial charge in [0.2, 0.25) is 0 Å². The lowest BCUT2D eigenvalue weighted by Crippen LogP contribution is -2.39. The number of amidine groups is 1. The van der Waals surface area contributed by atoms with Gasteiger partial charge in [-0.1, -0.05) is 5.92 Å². The van der Waals surface area contributed by atoms with Crippen LogP contribution in [0.5, 0.6) is 0 Å². The van der Waals surface area contributed by atoms with Crippen molar-refractivity contribution in [3.8, 4) is 12.3 Å². The lowest BCUT2D eigenvalue weighted by Gasteiger charge is -2.27. The number of amides is 2.